The molecule has 0 aromatic carbocycles. The van der Waals surface area contributed by atoms with Crippen molar-refractivity contribution in [2.24, 2.45) is 0 Å². The van der Waals surface area contributed by atoms with Crippen LogP contribution in [0.4, 0.5) is 0 Å². The maximum absolute atomic E-state index is 11.2. The summed E-state index contributed by atoms with van der Waals surface area (Å²) >= 11 is 8.34. The molecule has 0 radical (unpaired) electrons. The van der Waals surface area contributed by atoms with Crippen LogP contribution in [0.3, 0.4) is 0 Å². The third-order valence-corrected chi connectivity index (χ3v) is 4.97. The molecule has 18 heavy (non-hydrogen) atoms. The van der Waals surface area contributed by atoms with Gasteiger partial charge in [0.25, 0.3) is 5.97 Å². The number of hydrogen-bond acceptors (Lipinski definition) is 7. The van der Waals surface area contributed by atoms with E-state index in [0.29, 0.717) is 12.4 Å². The Balaban J connectivity index is 4.85. The van der Waals surface area contributed by atoms with Gasteiger partial charge in [0.2, 0.25) is 0 Å². The summed E-state index contributed by atoms with van der Waals surface area (Å²) in [6.07, 6.45) is -0.259. The van der Waals surface area contributed by atoms with Gasteiger partial charge in [-0.15, -0.1) is 0 Å². The van der Waals surface area contributed by atoms with Crippen molar-refractivity contribution in [3.63, 3.8) is 0 Å². The average molecular weight is 315 g/mol. The van der Waals surface area contributed by atoms with E-state index in [1.165, 1.54) is 6.92 Å². The molecule has 0 aliphatic rings. The third kappa shape index (κ3) is 7.00. The van der Waals surface area contributed by atoms with Crippen molar-refractivity contribution in [3.05, 3.63) is 0 Å². The van der Waals surface area contributed by atoms with E-state index < -0.39 is 15.0 Å². The fraction of sp³-hybridized carbons (Fsp3) is 0.900. The van der Waals surface area contributed by atoms with Gasteiger partial charge < -0.3 is 17.7 Å². The second kappa shape index (κ2) is 9.22. The molecule has 0 saturated carbocycles. The highest BCUT2D eigenvalue weighted by Crippen LogP contribution is 2.18. The average Bonchev–Trinajstić information content (AvgIpc) is 2.25. The van der Waals surface area contributed by atoms with Crippen LogP contribution in [0.2, 0.25) is 0 Å². The van der Waals surface area contributed by atoms with Crippen molar-refractivity contribution in [2.45, 2.75) is 39.0 Å². The maximum atomic E-state index is 11.2. The van der Waals surface area contributed by atoms with Gasteiger partial charge in [0, 0.05) is 24.5 Å². The normalized spacial score (nSPS) is 17.9. The standard InChI is InChI=1S/C10H22O5S2Si/c1-5-12-18(13-6-7-16,15-10(4)11)14-8(2)9(3)17/h8-9,16-17H,5-7H2,1-4H3. The first-order chi connectivity index (χ1) is 8.37. The van der Waals surface area contributed by atoms with Crippen LogP contribution >= 0.6 is 25.3 Å². The van der Waals surface area contributed by atoms with Gasteiger partial charge in [0.05, 0.1) is 12.7 Å². The highest BCUT2D eigenvalue weighted by Gasteiger charge is 2.51. The van der Waals surface area contributed by atoms with Crippen LogP contribution in [0.5, 0.6) is 0 Å². The van der Waals surface area contributed by atoms with Crippen molar-refractivity contribution in [1.29, 1.82) is 0 Å². The molecule has 0 aliphatic heterocycles. The Kier molecular flexibility index (Phi) is 9.35. The molecule has 0 heterocycles. The van der Waals surface area contributed by atoms with Crippen molar-refractivity contribution in [3.8, 4) is 0 Å². The fourth-order valence-electron chi connectivity index (χ4n) is 1.04. The quantitative estimate of drug-likeness (QED) is 0.501. The SMILES string of the molecule is CCO[Si](OCCS)(OC(C)=O)OC(C)C(C)S. The Labute approximate surface area is 121 Å². The second-order valence-electron chi connectivity index (χ2n) is 3.66. The van der Waals surface area contributed by atoms with Gasteiger partial charge in [-0.1, -0.05) is 6.92 Å². The molecule has 0 spiro atoms. The lowest BCUT2D eigenvalue weighted by atomic mass is 10.3. The van der Waals surface area contributed by atoms with Gasteiger partial charge in [0.1, 0.15) is 0 Å². The van der Waals surface area contributed by atoms with Crippen LogP contribution < -0.4 is 0 Å². The minimum Gasteiger partial charge on any atom is -0.452 e. The van der Waals surface area contributed by atoms with E-state index >= 15 is 0 Å². The molecule has 0 rings (SSSR count). The van der Waals surface area contributed by atoms with Crippen LogP contribution in [0.25, 0.3) is 0 Å². The zero-order valence-corrected chi connectivity index (χ0v) is 14.0. The summed E-state index contributed by atoms with van der Waals surface area (Å²) in [5, 5.41) is -0.0347. The number of carbonyl (C=O) groups is 1. The molecular weight excluding hydrogens is 292 g/mol. The Morgan fingerprint density at radius 3 is 2.33 bits per heavy atom. The lowest BCUT2D eigenvalue weighted by Gasteiger charge is -2.30. The summed E-state index contributed by atoms with van der Waals surface area (Å²) in [5.74, 6) is -0.00892. The van der Waals surface area contributed by atoms with Crippen LogP contribution in [-0.4, -0.2) is 45.3 Å². The predicted molar refractivity (Wildman–Crippen MR) is 77.9 cm³/mol. The molecule has 0 bridgehead atoms. The Morgan fingerprint density at radius 1 is 1.33 bits per heavy atom. The molecule has 3 atom stereocenters. The Hall–Kier alpha value is 0.267. The minimum atomic E-state index is -3.45. The molecule has 0 aromatic rings. The van der Waals surface area contributed by atoms with Crippen LogP contribution in [0.15, 0.2) is 0 Å². The molecule has 5 nitrogen and oxygen atoms in total. The second-order valence-corrected chi connectivity index (χ2v) is 6.94. The van der Waals surface area contributed by atoms with Gasteiger partial charge in [-0.25, -0.2) is 0 Å². The van der Waals surface area contributed by atoms with Crippen molar-refractivity contribution in [2.75, 3.05) is 19.0 Å². The molecule has 0 saturated heterocycles. The van der Waals surface area contributed by atoms with E-state index in [4.69, 9.17) is 17.7 Å². The summed E-state index contributed by atoms with van der Waals surface area (Å²) in [6, 6.07) is 0. The largest absolute Gasteiger partial charge is 0.751 e. The topological polar surface area (TPSA) is 54.0 Å². The molecule has 0 aromatic heterocycles. The lowest BCUT2D eigenvalue weighted by Crippen LogP contribution is -2.53. The summed E-state index contributed by atoms with van der Waals surface area (Å²) in [6.45, 7) is 7.41. The molecule has 8 heteroatoms. The van der Waals surface area contributed by atoms with E-state index in [-0.39, 0.29) is 18.0 Å². The van der Waals surface area contributed by atoms with E-state index in [0.717, 1.165) is 0 Å². The first-order valence-corrected chi connectivity index (χ1v) is 8.59. The molecule has 0 N–H and O–H groups in total. The predicted octanol–water partition coefficient (Wildman–Crippen LogP) is 1.69. The Bertz CT molecular complexity index is 254. The van der Waals surface area contributed by atoms with Crippen LogP contribution in [0, 0.1) is 0 Å². The zero-order valence-electron chi connectivity index (χ0n) is 11.2. The number of carbonyl (C=O) groups excluding carboxylic acids is 1. The molecule has 108 valence electrons. The van der Waals surface area contributed by atoms with E-state index in [9.17, 15) is 4.79 Å². The van der Waals surface area contributed by atoms with Crippen molar-refractivity contribution in [1.82, 2.24) is 0 Å². The molecule has 0 fully saturated rings. The van der Waals surface area contributed by atoms with Crippen molar-refractivity contribution < 1.29 is 22.5 Å². The summed E-state index contributed by atoms with van der Waals surface area (Å²) in [7, 11) is -3.45. The number of rotatable bonds is 9. The monoisotopic (exact) mass is 314 g/mol. The van der Waals surface area contributed by atoms with Gasteiger partial charge >= 0.3 is 9.05 Å². The fourth-order valence-corrected chi connectivity index (χ4v) is 3.58. The highest BCUT2D eigenvalue weighted by molar-refractivity contribution is 7.81. The van der Waals surface area contributed by atoms with Crippen LogP contribution in [0.1, 0.15) is 27.7 Å². The smallest absolute Gasteiger partial charge is 0.452 e. The van der Waals surface area contributed by atoms with Crippen molar-refractivity contribution >= 4 is 40.3 Å². The van der Waals surface area contributed by atoms with E-state index in [2.05, 4.69) is 25.3 Å². The third-order valence-electron chi connectivity index (χ3n) is 1.97. The summed E-state index contributed by atoms with van der Waals surface area (Å²) < 4.78 is 21.8. The van der Waals surface area contributed by atoms with Crippen LogP contribution in [-0.2, 0) is 22.5 Å². The number of thiol groups is 2. The summed E-state index contributed by atoms with van der Waals surface area (Å²) in [5.41, 5.74) is 0. The molecule has 0 aliphatic carbocycles. The van der Waals surface area contributed by atoms with E-state index in [1.54, 1.807) is 6.92 Å². The Morgan fingerprint density at radius 2 is 1.94 bits per heavy atom. The number of hydrogen-bond donors (Lipinski definition) is 2. The highest BCUT2D eigenvalue weighted by atomic mass is 32.1. The maximum Gasteiger partial charge on any atom is 0.751 e. The van der Waals surface area contributed by atoms with Gasteiger partial charge in [-0.2, -0.15) is 25.3 Å². The molecule has 3 unspecified atom stereocenters. The van der Waals surface area contributed by atoms with Gasteiger partial charge in [0.15, 0.2) is 0 Å². The zero-order chi connectivity index (χ0) is 14.2. The van der Waals surface area contributed by atoms with Gasteiger partial charge in [-0.3, -0.25) is 4.79 Å². The first-order valence-electron chi connectivity index (χ1n) is 5.81. The molecule has 0 amide bonds. The first kappa shape index (κ1) is 18.3. The summed E-state index contributed by atoms with van der Waals surface area (Å²) in [4.78, 5) is 11.2. The lowest BCUT2D eigenvalue weighted by molar-refractivity contribution is -0.143. The minimum absolute atomic E-state index is 0.0347. The van der Waals surface area contributed by atoms with Gasteiger partial charge in [-0.05, 0) is 13.8 Å². The molecular formula is C10H22O5S2Si. The van der Waals surface area contributed by atoms with E-state index in [1.807, 2.05) is 13.8 Å².